The molecular formula is C26H22ClN3O4. The molecule has 1 heterocycles. The normalized spacial score (nSPS) is 10.7. The van der Waals surface area contributed by atoms with Crippen LogP contribution in [0.1, 0.15) is 11.1 Å². The quantitative estimate of drug-likeness (QED) is 0.433. The molecule has 0 fully saturated rings. The third-order valence-electron chi connectivity index (χ3n) is 5.36. The molecule has 0 saturated carbocycles. The summed E-state index contributed by atoms with van der Waals surface area (Å²) in [7, 11) is 1.57. The maximum Gasteiger partial charge on any atom is 0.332 e. The van der Waals surface area contributed by atoms with Gasteiger partial charge in [-0.25, -0.2) is 4.79 Å². The Morgan fingerprint density at radius 3 is 2.53 bits per heavy atom. The number of aromatic nitrogens is 2. The van der Waals surface area contributed by atoms with E-state index in [1.165, 1.54) is 16.8 Å². The number of hydrogen-bond donors (Lipinski definition) is 2. The first-order chi connectivity index (χ1) is 16.3. The number of nitrogens with zero attached hydrogens (tertiary/aromatic N) is 1. The molecule has 0 atom stereocenters. The summed E-state index contributed by atoms with van der Waals surface area (Å²) in [4.78, 5) is 38.3. The fourth-order valence-corrected chi connectivity index (χ4v) is 3.90. The molecule has 172 valence electrons. The van der Waals surface area contributed by atoms with E-state index in [-0.39, 0.29) is 12.3 Å². The number of H-pyrrole nitrogens is 1. The highest BCUT2D eigenvalue weighted by Crippen LogP contribution is 2.30. The minimum Gasteiger partial charge on any atom is -0.495 e. The maximum atomic E-state index is 12.7. The molecule has 34 heavy (non-hydrogen) atoms. The van der Waals surface area contributed by atoms with Gasteiger partial charge in [-0.15, -0.1) is 0 Å². The third-order valence-corrected chi connectivity index (χ3v) is 5.66. The molecule has 0 aliphatic heterocycles. The van der Waals surface area contributed by atoms with Crippen LogP contribution in [0.15, 0.2) is 82.5 Å². The summed E-state index contributed by atoms with van der Waals surface area (Å²) in [5, 5.41) is 3.44. The second-order valence-corrected chi connectivity index (χ2v) is 8.16. The number of anilines is 1. The van der Waals surface area contributed by atoms with Gasteiger partial charge in [0.15, 0.2) is 0 Å². The van der Waals surface area contributed by atoms with E-state index < -0.39 is 11.2 Å². The van der Waals surface area contributed by atoms with Crippen LogP contribution in [0.25, 0.3) is 16.8 Å². The number of aromatic amines is 1. The predicted octanol–water partition coefficient (Wildman–Crippen LogP) is 4.34. The van der Waals surface area contributed by atoms with Crippen LogP contribution >= 0.6 is 11.6 Å². The van der Waals surface area contributed by atoms with E-state index in [9.17, 15) is 14.4 Å². The lowest BCUT2D eigenvalue weighted by atomic mass is 10.0. The SMILES string of the molecule is COc1ccc(-c2cccc(CC(=O)Nc3ccc(-n4ccc(=O)[nH]c4=O)cc3C)c2)cc1Cl. The zero-order valence-corrected chi connectivity index (χ0v) is 19.3. The van der Waals surface area contributed by atoms with Crippen molar-refractivity contribution >= 4 is 23.2 Å². The lowest BCUT2D eigenvalue weighted by Crippen LogP contribution is -2.27. The van der Waals surface area contributed by atoms with Crippen LogP contribution in [0.2, 0.25) is 5.02 Å². The Labute approximate surface area is 200 Å². The van der Waals surface area contributed by atoms with Gasteiger partial charge in [-0.3, -0.25) is 19.1 Å². The highest BCUT2D eigenvalue weighted by molar-refractivity contribution is 6.32. The van der Waals surface area contributed by atoms with Crippen LogP contribution in [0, 0.1) is 6.92 Å². The average Bonchev–Trinajstić information content (AvgIpc) is 2.80. The van der Waals surface area contributed by atoms with E-state index in [2.05, 4.69) is 10.3 Å². The highest BCUT2D eigenvalue weighted by Gasteiger charge is 2.10. The van der Waals surface area contributed by atoms with Gasteiger partial charge < -0.3 is 10.1 Å². The van der Waals surface area contributed by atoms with E-state index in [1.807, 2.05) is 49.4 Å². The summed E-state index contributed by atoms with van der Waals surface area (Å²) in [6.07, 6.45) is 1.61. The lowest BCUT2D eigenvalue weighted by molar-refractivity contribution is -0.115. The van der Waals surface area contributed by atoms with E-state index in [0.29, 0.717) is 22.1 Å². The van der Waals surface area contributed by atoms with Crippen molar-refractivity contribution in [3.8, 4) is 22.6 Å². The van der Waals surface area contributed by atoms with Gasteiger partial charge in [-0.1, -0.05) is 41.9 Å². The van der Waals surface area contributed by atoms with Crippen molar-refractivity contribution < 1.29 is 9.53 Å². The molecule has 0 bridgehead atoms. The van der Waals surface area contributed by atoms with Crippen molar-refractivity contribution in [2.45, 2.75) is 13.3 Å². The van der Waals surface area contributed by atoms with Crippen LogP contribution in [0.4, 0.5) is 5.69 Å². The molecule has 1 amide bonds. The summed E-state index contributed by atoms with van der Waals surface area (Å²) in [5.41, 5.74) is 3.76. The van der Waals surface area contributed by atoms with Crippen molar-refractivity contribution in [1.82, 2.24) is 9.55 Å². The molecule has 0 aliphatic rings. The van der Waals surface area contributed by atoms with Crippen molar-refractivity contribution in [2.75, 3.05) is 12.4 Å². The Balaban J connectivity index is 1.49. The van der Waals surface area contributed by atoms with Crippen molar-refractivity contribution in [3.63, 3.8) is 0 Å². The van der Waals surface area contributed by atoms with Crippen LogP contribution in [0.5, 0.6) is 5.75 Å². The smallest absolute Gasteiger partial charge is 0.332 e. The van der Waals surface area contributed by atoms with Crippen molar-refractivity contribution in [3.05, 3.63) is 110 Å². The van der Waals surface area contributed by atoms with E-state index in [0.717, 1.165) is 22.3 Å². The number of amides is 1. The Morgan fingerprint density at radius 2 is 1.82 bits per heavy atom. The first-order valence-electron chi connectivity index (χ1n) is 10.5. The molecule has 0 spiro atoms. The van der Waals surface area contributed by atoms with Gasteiger partial charge in [0, 0.05) is 18.0 Å². The number of ether oxygens (including phenoxy) is 1. The topological polar surface area (TPSA) is 93.2 Å². The zero-order valence-electron chi connectivity index (χ0n) is 18.6. The van der Waals surface area contributed by atoms with Crippen LogP contribution in [-0.2, 0) is 11.2 Å². The van der Waals surface area contributed by atoms with Crippen molar-refractivity contribution in [1.29, 1.82) is 0 Å². The largest absolute Gasteiger partial charge is 0.495 e. The van der Waals surface area contributed by atoms with Crippen molar-refractivity contribution in [2.24, 2.45) is 0 Å². The van der Waals surface area contributed by atoms with Gasteiger partial charge in [-0.2, -0.15) is 0 Å². The summed E-state index contributed by atoms with van der Waals surface area (Å²) in [6.45, 7) is 1.84. The molecule has 1 aromatic heterocycles. The molecule has 7 nitrogen and oxygen atoms in total. The second-order valence-electron chi connectivity index (χ2n) is 7.75. The number of benzene rings is 3. The number of aryl methyl sites for hydroxylation is 1. The van der Waals surface area contributed by atoms with Crippen LogP contribution in [-0.4, -0.2) is 22.6 Å². The number of rotatable bonds is 6. The van der Waals surface area contributed by atoms with Gasteiger partial charge in [0.05, 0.1) is 24.2 Å². The average molecular weight is 476 g/mol. The molecule has 8 heteroatoms. The van der Waals surface area contributed by atoms with E-state index in [1.54, 1.807) is 25.3 Å². The minimum absolute atomic E-state index is 0.165. The number of hydrogen-bond acceptors (Lipinski definition) is 4. The fourth-order valence-electron chi connectivity index (χ4n) is 3.65. The monoisotopic (exact) mass is 475 g/mol. The molecule has 0 radical (unpaired) electrons. The molecule has 4 rings (SSSR count). The first-order valence-corrected chi connectivity index (χ1v) is 10.9. The molecule has 3 aromatic carbocycles. The molecule has 2 N–H and O–H groups in total. The zero-order chi connectivity index (χ0) is 24.2. The summed E-state index contributed by atoms with van der Waals surface area (Å²) < 4.78 is 6.54. The minimum atomic E-state index is -0.526. The first kappa shape index (κ1) is 23.1. The van der Waals surface area contributed by atoms with Crippen LogP contribution < -0.4 is 21.3 Å². The number of nitrogens with one attached hydrogen (secondary N) is 2. The highest BCUT2D eigenvalue weighted by atomic mass is 35.5. The number of methoxy groups -OCH3 is 1. The van der Waals surface area contributed by atoms with Crippen LogP contribution in [0.3, 0.4) is 0 Å². The molecule has 0 unspecified atom stereocenters. The Morgan fingerprint density at radius 1 is 1.03 bits per heavy atom. The Hall–Kier alpha value is -4.10. The number of halogens is 1. The molecule has 0 aliphatic carbocycles. The predicted molar refractivity (Wildman–Crippen MR) is 133 cm³/mol. The summed E-state index contributed by atoms with van der Waals surface area (Å²) in [6, 6.07) is 19.8. The standard InChI is InChI=1S/C26H22ClN3O4/c1-16-12-20(30-11-10-24(31)29-26(30)33)7-8-22(16)28-25(32)14-17-4-3-5-18(13-17)19-6-9-23(34-2)21(27)15-19/h3-13,15H,14H2,1-2H3,(H,28,32)(H,29,31,33). The van der Waals surface area contributed by atoms with Gasteiger partial charge >= 0.3 is 5.69 Å². The number of carbonyl (C=O) groups excluding carboxylic acids is 1. The summed E-state index contributed by atoms with van der Waals surface area (Å²) >= 11 is 6.25. The maximum absolute atomic E-state index is 12.7. The van der Waals surface area contributed by atoms with E-state index in [4.69, 9.17) is 16.3 Å². The lowest BCUT2D eigenvalue weighted by Gasteiger charge is -2.12. The van der Waals surface area contributed by atoms with E-state index >= 15 is 0 Å². The Bertz CT molecular complexity index is 1490. The molecule has 0 saturated heterocycles. The van der Waals surface area contributed by atoms with Gasteiger partial charge in [0.2, 0.25) is 5.91 Å². The van der Waals surface area contributed by atoms with Gasteiger partial charge in [-0.05, 0) is 59.5 Å². The Kier molecular flexibility index (Phi) is 6.65. The second kappa shape index (κ2) is 9.80. The fraction of sp³-hybridized carbons (Fsp3) is 0.115. The summed E-state index contributed by atoms with van der Waals surface area (Å²) in [5.74, 6) is 0.440. The van der Waals surface area contributed by atoms with Gasteiger partial charge in [0.1, 0.15) is 5.75 Å². The van der Waals surface area contributed by atoms with Gasteiger partial charge in [0.25, 0.3) is 5.56 Å². The molecular weight excluding hydrogens is 454 g/mol. The number of carbonyl (C=O) groups is 1. The molecule has 4 aromatic rings. The third kappa shape index (κ3) is 5.10.